The Morgan fingerprint density at radius 3 is 2.33 bits per heavy atom. The van der Waals surface area contributed by atoms with Gasteiger partial charge in [0.1, 0.15) is 6.04 Å². The zero-order valence-electron chi connectivity index (χ0n) is 31.5. The smallest absolute Gasteiger partial charge is 0.264 e. The molecule has 298 valence electrons. The number of hydrogen-bond donors (Lipinski definition) is 4. The van der Waals surface area contributed by atoms with Gasteiger partial charge in [0.15, 0.2) is 15.5 Å². The van der Waals surface area contributed by atoms with Crippen LogP contribution in [0.25, 0.3) is 16.9 Å². The van der Waals surface area contributed by atoms with Gasteiger partial charge in [-0.3, -0.25) is 39.1 Å². The normalized spacial score (nSPS) is 17.4. The van der Waals surface area contributed by atoms with Crippen molar-refractivity contribution in [1.29, 1.82) is 0 Å². The first kappa shape index (κ1) is 38.2. The van der Waals surface area contributed by atoms with Gasteiger partial charge in [0, 0.05) is 74.6 Å². The molecule has 1 atom stereocenters. The van der Waals surface area contributed by atoms with Gasteiger partial charge in [0.2, 0.25) is 23.7 Å². The number of nitrogens with zero attached hydrogens (tertiary/aromatic N) is 6. The van der Waals surface area contributed by atoms with Crippen LogP contribution in [0.2, 0.25) is 0 Å². The molecule has 18 heteroatoms. The van der Waals surface area contributed by atoms with Gasteiger partial charge >= 0.3 is 0 Å². The molecule has 3 aliphatic heterocycles. The Morgan fingerprint density at radius 2 is 1.60 bits per heavy atom. The Balaban J connectivity index is 0.789. The van der Waals surface area contributed by atoms with Crippen molar-refractivity contribution in [2.24, 2.45) is 0 Å². The number of carbonyl (C=O) groups is 5. The van der Waals surface area contributed by atoms with Crippen LogP contribution in [-0.2, 0) is 24.2 Å². The van der Waals surface area contributed by atoms with Crippen molar-refractivity contribution in [2.75, 3.05) is 67.6 Å². The van der Waals surface area contributed by atoms with Crippen LogP contribution in [0.1, 0.15) is 33.6 Å². The SMILES string of the molecule is CS(=O)(=O)c1ccc(-c2cccc3nc(Nc4ccc(N5CCN(CC(=O)NCCNc6cccc7c6C(=O)N(C6CCC(=O)NC6=O)C7=O)CC5)cc4)nn23)cc1. The molecule has 2 fully saturated rings. The van der Waals surface area contributed by atoms with E-state index >= 15 is 0 Å². The van der Waals surface area contributed by atoms with Gasteiger partial charge in [0.25, 0.3) is 11.8 Å². The zero-order valence-corrected chi connectivity index (χ0v) is 32.3. The van der Waals surface area contributed by atoms with E-state index < -0.39 is 39.5 Å². The molecular formula is C40H40N10O7S. The highest BCUT2D eigenvalue weighted by Gasteiger charge is 2.45. The molecule has 0 radical (unpaired) electrons. The predicted molar refractivity (Wildman–Crippen MR) is 215 cm³/mol. The number of piperazine rings is 1. The van der Waals surface area contributed by atoms with Gasteiger partial charge in [-0.2, -0.15) is 4.98 Å². The number of rotatable bonds is 12. The van der Waals surface area contributed by atoms with Crippen molar-refractivity contribution < 1.29 is 32.4 Å². The lowest BCUT2D eigenvalue weighted by Gasteiger charge is -2.35. The molecule has 5 amide bonds. The van der Waals surface area contributed by atoms with Crippen LogP contribution in [0.3, 0.4) is 0 Å². The minimum atomic E-state index is -3.30. The van der Waals surface area contributed by atoms with Gasteiger partial charge in [-0.1, -0.05) is 24.3 Å². The highest BCUT2D eigenvalue weighted by molar-refractivity contribution is 7.90. The van der Waals surface area contributed by atoms with Crippen LogP contribution in [0, 0.1) is 0 Å². The maximum Gasteiger partial charge on any atom is 0.264 e. The monoisotopic (exact) mass is 804 g/mol. The topological polar surface area (TPSA) is 208 Å². The Labute approximate surface area is 333 Å². The number of aromatic nitrogens is 3. The number of hydrogen-bond acceptors (Lipinski definition) is 13. The van der Waals surface area contributed by atoms with Crippen molar-refractivity contribution in [1.82, 2.24) is 35.0 Å². The third-order valence-electron chi connectivity index (χ3n) is 10.4. The fourth-order valence-electron chi connectivity index (χ4n) is 7.42. The highest BCUT2D eigenvalue weighted by Crippen LogP contribution is 2.32. The summed E-state index contributed by atoms with van der Waals surface area (Å²) in [4.78, 5) is 73.4. The highest BCUT2D eigenvalue weighted by atomic mass is 32.2. The summed E-state index contributed by atoms with van der Waals surface area (Å²) in [6, 6.07) is 24.1. The number of imide groups is 2. The van der Waals surface area contributed by atoms with Gasteiger partial charge in [-0.25, -0.2) is 12.9 Å². The first-order valence-corrected chi connectivity index (χ1v) is 20.7. The molecule has 0 bridgehead atoms. The Hall–Kier alpha value is -6.66. The van der Waals surface area contributed by atoms with E-state index in [-0.39, 0.29) is 47.9 Å². The van der Waals surface area contributed by atoms with Crippen molar-refractivity contribution in [3.8, 4) is 11.3 Å². The van der Waals surface area contributed by atoms with E-state index in [9.17, 15) is 32.4 Å². The standard InChI is InChI=1S/C40H40N10O7S/c1-58(56,57)28-14-8-25(9-15-28)31-6-3-7-33-44-40(46-50(31)33)43-26-10-12-27(13-11-26)48-22-20-47(21-23-48)24-35(52)42-19-18-41-30-5-2-4-29-36(30)39(55)49(38(29)54)32-16-17-34(51)45-37(32)53/h2-15,32,41H,16-24H2,1H3,(H,42,52)(H,43,46)(H,45,51,53). The largest absolute Gasteiger partial charge is 0.383 e. The number of carbonyl (C=O) groups excluding carboxylic acids is 5. The lowest BCUT2D eigenvalue weighted by Crippen LogP contribution is -2.54. The van der Waals surface area contributed by atoms with E-state index in [1.165, 1.54) is 12.3 Å². The summed E-state index contributed by atoms with van der Waals surface area (Å²) < 4.78 is 25.5. The van der Waals surface area contributed by atoms with Crippen molar-refractivity contribution in [3.05, 3.63) is 96.1 Å². The molecule has 2 aromatic heterocycles. The molecule has 1 unspecified atom stereocenters. The molecule has 8 rings (SSSR count). The number of anilines is 4. The molecule has 0 aliphatic carbocycles. The molecule has 4 N–H and O–H groups in total. The van der Waals surface area contributed by atoms with Crippen LogP contribution >= 0.6 is 0 Å². The number of nitrogens with one attached hydrogen (secondary N) is 4. The van der Waals surface area contributed by atoms with E-state index in [2.05, 4.69) is 41.1 Å². The zero-order chi connectivity index (χ0) is 40.6. The fraction of sp³-hybridized carbons (Fsp3) is 0.275. The maximum absolute atomic E-state index is 13.3. The summed E-state index contributed by atoms with van der Waals surface area (Å²) in [6.45, 7) is 3.71. The summed E-state index contributed by atoms with van der Waals surface area (Å²) in [5.74, 6) is -1.98. The molecule has 3 aromatic carbocycles. The fourth-order valence-corrected chi connectivity index (χ4v) is 8.05. The van der Waals surface area contributed by atoms with Crippen molar-refractivity contribution >= 4 is 68.0 Å². The summed E-state index contributed by atoms with van der Waals surface area (Å²) in [5, 5.41) is 16.2. The Morgan fingerprint density at radius 1 is 0.862 bits per heavy atom. The summed E-state index contributed by atoms with van der Waals surface area (Å²) in [5.41, 5.74) is 4.87. The summed E-state index contributed by atoms with van der Waals surface area (Å²) in [7, 11) is -3.30. The summed E-state index contributed by atoms with van der Waals surface area (Å²) in [6.07, 6.45) is 1.30. The second-order valence-corrected chi connectivity index (χ2v) is 16.3. The molecule has 17 nitrogen and oxygen atoms in total. The molecule has 3 aliphatic rings. The molecular weight excluding hydrogens is 765 g/mol. The minimum absolute atomic E-state index is 0.0430. The van der Waals surface area contributed by atoms with Crippen molar-refractivity contribution in [3.63, 3.8) is 0 Å². The molecule has 58 heavy (non-hydrogen) atoms. The van der Waals surface area contributed by atoms with Crippen LogP contribution < -0.4 is 26.2 Å². The number of fused-ring (bicyclic) bond motifs is 2. The van der Waals surface area contributed by atoms with Crippen LogP contribution in [0.4, 0.5) is 23.0 Å². The van der Waals surface area contributed by atoms with E-state index in [0.29, 0.717) is 36.9 Å². The lowest BCUT2D eigenvalue weighted by atomic mass is 10.0. The van der Waals surface area contributed by atoms with Gasteiger partial charge in [-0.05, 0) is 67.1 Å². The number of pyridine rings is 1. The number of sulfone groups is 1. The summed E-state index contributed by atoms with van der Waals surface area (Å²) >= 11 is 0. The first-order chi connectivity index (χ1) is 27.9. The lowest BCUT2D eigenvalue weighted by molar-refractivity contribution is -0.136. The molecule has 0 saturated carbocycles. The number of amides is 5. The van der Waals surface area contributed by atoms with E-state index in [1.807, 2.05) is 42.5 Å². The van der Waals surface area contributed by atoms with E-state index in [1.54, 1.807) is 40.9 Å². The molecule has 5 aromatic rings. The van der Waals surface area contributed by atoms with E-state index in [0.717, 1.165) is 40.6 Å². The third-order valence-corrected chi connectivity index (χ3v) is 11.5. The maximum atomic E-state index is 13.3. The molecule has 0 spiro atoms. The van der Waals surface area contributed by atoms with Crippen LogP contribution in [0.5, 0.6) is 0 Å². The van der Waals surface area contributed by atoms with E-state index in [4.69, 9.17) is 0 Å². The molecule has 2 saturated heterocycles. The number of piperidine rings is 1. The van der Waals surface area contributed by atoms with Crippen molar-refractivity contribution in [2.45, 2.75) is 23.8 Å². The Kier molecular flexibility index (Phi) is 10.3. The average molecular weight is 805 g/mol. The van der Waals surface area contributed by atoms with Gasteiger partial charge < -0.3 is 20.9 Å². The van der Waals surface area contributed by atoms with Crippen LogP contribution in [-0.4, -0.2) is 120 Å². The second kappa shape index (κ2) is 15.7. The minimum Gasteiger partial charge on any atom is -0.383 e. The second-order valence-electron chi connectivity index (χ2n) is 14.3. The van der Waals surface area contributed by atoms with Gasteiger partial charge in [-0.15, -0.1) is 5.10 Å². The van der Waals surface area contributed by atoms with Gasteiger partial charge in [0.05, 0.1) is 28.3 Å². The number of benzene rings is 3. The first-order valence-electron chi connectivity index (χ1n) is 18.8. The third kappa shape index (κ3) is 7.83. The van der Waals surface area contributed by atoms with Crippen LogP contribution in [0.15, 0.2) is 89.8 Å². The predicted octanol–water partition coefficient (Wildman–Crippen LogP) is 2.29. The quantitative estimate of drug-likeness (QED) is 0.106. The average Bonchev–Trinajstić information content (AvgIpc) is 3.74. The Bertz CT molecular complexity index is 2550. The molecule has 5 heterocycles.